The second-order valence-electron chi connectivity index (χ2n) is 8.99. The number of hydrogen-bond donors (Lipinski definition) is 3. The molecule has 1 saturated carbocycles. The van der Waals surface area contributed by atoms with Crippen LogP contribution in [0.2, 0.25) is 0 Å². The Hall–Kier alpha value is -2.65. The molecule has 2 aromatic heterocycles. The molecule has 3 aliphatic rings. The number of fused-ring (bicyclic) bond motifs is 1. The molecule has 0 aromatic carbocycles. The van der Waals surface area contributed by atoms with Crippen molar-refractivity contribution in [1.29, 1.82) is 10.8 Å². The summed E-state index contributed by atoms with van der Waals surface area (Å²) in [6.45, 7) is 8.69. The molecule has 160 valence electrons. The number of aryl methyl sites for hydroxylation is 1. The van der Waals surface area contributed by atoms with Crippen LogP contribution in [0.15, 0.2) is 29.2 Å². The minimum atomic E-state index is 0.400. The maximum Gasteiger partial charge on any atom is 0.144 e. The molecule has 9 heteroatoms. The van der Waals surface area contributed by atoms with E-state index in [0.29, 0.717) is 22.2 Å². The standard InChI is InChI=1S/C22H26N8S/c1-12(13(2)23)17-18-19(31-20(17)24)21(28-11-27-18)29-16-4-22(5-16)9-30(10-22)8-15-6-25-14(3)26-7-15/h6-7,11,16,23-24H,4-5,8-10H2,1-3H3,(H,27,28,29)/b17-12-,23-13?,24-20?. The normalized spacial score (nSPS) is 21.5. The van der Waals surface area contributed by atoms with Crippen molar-refractivity contribution in [2.45, 2.75) is 51.1 Å². The molecule has 4 heterocycles. The van der Waals surface area contributed by atoms with Crippen molar-refractivity contribution in [3.8, 4) is 0 Å². The number of hydrogen-bond acceptors (Lipinski definition) is 9. The van der Waals surface area contributed by atoms with Crippen LogP contribution in [-0.2, 0) is 6.54 Å². The Labute approximate surface area is 186 Å². The number of allylic oxidation sites excluding steroid dienone is 1. The number of thioether (sulfide) groups is 1. The van der Waals surface area contributed by atoms with E-state index < -0.39 is 0 Å². The van der Waals surface area contributed by atoms with Gasteiger partial charge in [-0.15, -0.1) is 0 Å². The van der Waals surface area contributed by atoms with Crippen LogP contribution >= 0.6 is 11.8 Å². The summed E-state index contributed by atoms with van der Waals surface area (Å²) >= 11 is 1.39. The highest BCUT2D eigenvalue weighted by Crippen LogP contribution is 2.51. The molecule has 0 amide bonds. The average molecular weight is 435 g/mol. The lowest BCUT2D eigenvalue weighted by Gasteiger charge is -2.59. The fourth-order valence-electron chi connectivity index (χ4n) is 4.86. The van der Waals surface area contributed by atoms with E-state index in [1.54, 1.807) is 13.3 Å². The van der Waals surface area contributed by atoms with E-state index in [1.165, 1.54) is 17.3 Å². The smallest absolute Gasteiger partial charge is 0.144 e. The fraction of sp³-hybridized carbons (Fsp3) is 0.455. The molecule has 5 rings (SSSR count). The van der Waals surface area contributed by atoms with Crippen molar-refractivity contribution in [3.05, 3.63) is 41.4 Å². The molecule has 0 atom stereocenters. The Kier molecular flexibility index (Phi) is 4.90. The van der Waals surface area contributed by atoms with E-state index >= 15 is 0 Å². The van der Waals surface area contributed by atoms with E-state index in [-0.39, 0.29) is 0 Å². The van der Waals surface area contributed by atoms with Crippen LogP contribution in [0, 0.1) is 23.2 Å². The molecule has 1 aliphatic carbocycles. The van der Waals surface area contributed by atoms with Gasteiger partial charge in [-0.2, -0.15) is 0 Å². The first-order valence-electron chi connectivity index (χ1n) is 10.5. The Morgan fingerprint density at radius 2 is 1.90 bits per heavy atom. The first-order chi connectivity index (χ1) is 14.8. The van der Waals surface area contributed by atoms with Gasteiger partial charge in [0.05, 0.1) is 10.6 Å². The topological polar surface area (TPSA) is 115 Å². The predicted octanol–water partition coefficient (Wildman–Crippen LogP) is 3.55. The minimum absolute atomic E-state index is 0.400. The molecule has 1 saturated heterocycles. The fourth-order valence-corrected chi connectivity index (χ4v) is 5.88. The molecule has 0 unspecified atom stereocenters. The van der Waals surface area contributed by atoms with Gasteiger partial charge in [-0.3, -0.25) is 10.3 Å². The molecule has 2 aliphatic heterocycles. The van der Waals surface area contributed by atoms with E-state index in [4.69, 9.17) is 10.8 Å². The third-order valence-corrected chi connectivity index (χ3v) is 7.47. The van der Waals surface area contributed by atoms with Crippen LogP contribution in [0.1, 0.15) is 43.8 Å². The second-order valence-corrected chi connectivity index (χ2v) is 10.0. The van der Waals surface area contributed by atoms with Gasteiger partial charge >= 0.3 is 0 Å². The van der Waals surface area contributed by atoms with Crippen molar-refractivity contribution < 1.29 is 0 Å². The van der Waals surface area contributed by atoms with Crippen molar-refractivity contribution in [3.63, 3.8) is 0 Å². The molecule has 0 bridgehead atoms. The molecule has 0 radical (unpaired) electrons. The number of rotatable bonds is 5. The maximum atomic E-state index is 8.38. The Morgan fingerprint density at radius 1 is 1.19 bits per heavy atom. The summed E-state index contributed by atoms with van der Waals surface area (Å²) in [7, 11) is 0. The van der Waals surface area contributed by atoms with E-state index in [2.05, 4.69) is 30.2 Å². The average Bonchev–Trinajstić information content (AvgIpc) is 3.02. The Morgan fingerprint density at radius 3 is 2.58 bits per heavy atom. The molecular weight excluding hydrogens is 408 g/mol. The van der Waals surface area contributed by atoms with Crippen LogP contribution in [0.3, 0.4) is 0 Å². The van der Waals surface area contributed by atoms with Crippen LogP contribution < -0.4 is 5.32 Å². The first-order valence-corrected chi connectivity index (χ1v) is 11.3. The zero-order valence-electron chi connectivity index (χ0n) is 18.0. The Bertz CT molecular complexity index is 1090. The number of likely N-dealkylation sites (tertiary alicyclic amines) is 1. The van der Waals surface area contributed by atoms with Crippen molar-refractivity contribution in [2.75, 3.05) is 18.4 Å². The minimum Gasteiger partial charge on any atom is -0.366 e. The summed E-state index contributed by atoms with van der Waals surface area (Å²) in [5.74, 6) is 1.63. The van der Waals surface area contributed by atoms with E-state index in [1.807, 2.05) is 26.2 Å². The molecule has 31 heavy (non-hydrogen) atoms. The summed E-state index contributed by atoms with van der Waals surface area (Å²) in [4.78, 5) is 20.9. The Balaban J connectivity index is 1.21. The van der Waals surface area contributed by atoms with Gasteiger partial charge in [0.2, 0.25) is 0 Å². The molecule has 8 nitrogen and oxygen atoms in total. The first kappa shape index (κ1) is 20.3. The van der Waals surface area contributed by atoms with E-state index in [9.17, 15) is 0 Å². The lowest BCUT2D eigenvalue weighted by molar-refractivity contribution is -0.0713. The van der Waals surface area contributed by atoms with Crippen LogP contribution in [0.25, 0.3) is 5.57 Å². The van der Waals surface area contributed by atoms with Crippen LogP contribution in [-0.4, -0.2) is 54.7 Å². The van der Waals surface area contributed by atoms with Gasteiger partial charge in [0.1, 0.15) is 23.0 Å². The number of aromatic nitrogens is 4. The maximum absolute atomic E-state index is 8.38. The van der Waals surface area contributed by atoms with Crippen molar-refractivity contribution >= 4 is 33.9 Å². The second kappa shape index (κ2) is 7.49. The van der Waals surface area contributed by atoms with Gasteiger partial charge < -0.3 is 10.7 Å². The monoisotopic (exact) mass is 434 g/mol. The quantitative estimate of drug-likeness (QED) is 0.617. The zero-order chi connectivity index (χ0) is 21.8. The number of nitrogens with zero attached hydrogens (tertiary/aromatic N) is 5. The van der Waals surface area contributed by atoms with Gasteiger partial charge in [-0.25, -0.2) is 19.9 Å². The summed E-state index contributed by atoms with van der Waals surface area (Å²) in [5, 5.41) is 20.4. The molecule has 1 spiro atoms. The largest absolute Gasteiger partial charge is 0.366 e. The van der Waals surface area contributed by atoms with Crippen LogP contribution in [0.4, 0.5) is 5.82 Å². The van der Waals surface area contributed by atoms with Crippen molar-refractivity contribution in [2.24, 2.45) is 5.41 Å². The van der Waals surface area contributed by atoms with E-state index in [0.717, 1.165) is 65.9 Å². The highest BCUT2D eigenvalue weighted by atomic mass is 32.2. The third kappa shape index (κ3) is 3.65. The zero-order valence-corrected chi connectivity index (χ0v) is 18.8. The molecular formula is C22H26N8S. The molecule has 3 N–H and O–H groups in total. The summed E-state index contributed by atoms with van der Waals surface area (Å²) in [5.41, 5.74) is 4.40. The highest BCUT2D eigenvalue weighted by Gasteiger charge is 2.52. The summed E-state index contributed by atoms with van der Waals surface area (Å²) in [6.07, 6.45) is 7.68. The third-order valence-electron chi connectivity index (χ3n) is 6.47. The molecule has 2 fully saturated rings. The lowest BCUT2D eigenvalue weighted by Crippen LogP contribution is -2.64. The van der Waals surface area contributed by atoms with Gasteiger partial charge in [0.15, 0.2) is 0 Å². The van der Waals surface area contributed by atoms with Crippen LogP contribution in [0.5, 0.6) is 0 Å². The lowest BCUT2D eigenvalue weighted by atomic mass is 9.60. The van der Waals surface area contributed by atoms with Gasteiger partial charge in [-0.1, -0.05) is 11.8 Å². The SMILES string of the molecule is CC(=N)/C(C)=C1\C(=N)Sc2c(NC3CC4(C3)CN(Cc3cnc(C)nc3)C4)ncnc21. The van der Waals surface area contributed by atoms with Gasteiger partial charge in [-0.05, 0) is 44.6 Å². The summed E-state index contributed by atoms with van der Waals surface area (Å²) < 4.78 is 0. The van der Waals surface area contributed by atoms with Gasteiger partial charge in [0, 0.05) is 54.9 Å². The molecule has 2 aromatic rings. The predicted molar refractivity (Wildman–Crippen MR) is 123 cm³/mol. The number of nitrogens with one attached hydrogen (secondary N) is 3. The number of anilines is 1. The summed E-state index contributed by atoms with van der Waals surface area (Å²) in [6, 6.07) is 0.400. The van der Waals surface area contributed by atoms with Gasteiger partial charge in [0.25, 0.3) is 0 Å². The highest BCUT2D eigenvalue weighted by molar-refractivity contribution is 8.15. The van der Waals surface area contributed by atoms with Crippen molar-refractivity contribution in [1.82, 2.24) is 24.8 Å².